The Labute approximate surface area is 239 Å². The van der Waals surface area contributed by atoms with Gasteiger partial charge in [-0.1, -0.05) is 74.3 Å². The molecule has 0 aliphatic rings. The summed E-state index contributed by atoms with van der Waals surface area (Å²) in [6, 6.07) is 4.24. The molecule has 1 aromatic carbocycles. The van der Waals surface area contributed by atoms with Crippen LogP contribution in [0.1, 0.15) is 106 Å². The first kappa shape index (κ1) is 35.1. The molecule has 1 rings (SSSR count). The first-order valence-corrected chi connectivity index (χ1v) is 14.4. The number of hydrogen-bond acceptors (Lipinski definition) is 8. The molecule has 226 valence electrons. The van der Waals surface area contributed by atoms with Gasteiger partial charge in [0.1, 0.15) is 0 Å². The third-order valence-corrected chi connectivity index (χ3v) is 6.53. The van der Waals surface area contributed by atoms with E-state index >= 15 is 0 Å². The number of ether oxygens (including phenoxy) is 3. The van der Waals surface area contributed by atoms with E-state index in [0.717, 1.165) is 12.8 Å². The number of rotatable bonds is 16. The Morgan fingerprint density at radius 1 is 0.875 bits per heavy atom. The van der Waals surface area contributed by atoms with Crippen LogP contribution in [-0.2, 0) is 30.3 Å². The van der Waals surface area contributed by atoms with E-state index in [1.807, 2.05) is 41.5 Å². The first-order chi connectivity index (χ1) is 18.6. The standard InChI is InChI=1S/C31H49NO8/c1-10-13-20(4)27(34)38-24-16-15-23(17-25(24)39-28(35)21(5)14-11-2)18-31(29(36)37,32-22(6)12-3)40-26(33)19-30(7,8)9/h15-17,20-22,32H,10-14,18-19H2,1-9H3,(H,36,37)/t20?,21?,22?,31-/m0/s1. The van der Waals surface area contributed by atoms with Gasteiger partial charge in [-0.3, -0.25) is 19.7 Å². The van der Waals surface area contributed by atoms with Gasteiger partial charge in [0.15, 0.2) is 11.5 Å². The SMILES string of the molecule is CCCC(C)C(=O)Oc1ccc(C[C@](NC(C)CC)(OC(=O)CC(C)(C)C)C(=O)O)cc1OC(=O)C(C)CCC. The topological polar surface area (TPSA) is 128 Å². The van der Waals surface area contributed by atoms with Crippen LogP contribution in [0.5, 0.6) is 11.5 Å². The molecule has 9 nitrogen and oxygen atoms in total. The fourth-order valence-corrected chi connectivity index (χ4v) is 4.09. The Morgan fingerprint density at radius 2 is 1.40 bits per heavy atom. The minimum absolute atomic E-state index is 0.00588. The van der Waals surface area contributed by atoms with Gasteiger partial charge in [0.25, 0.3) is 5.72 Å². The lowest BCUT2D eigenvalue weighted by Gasteiger charge is -2.34. The highest BCUT2D eigenvalue weighted by Gasteiger charge is 2.44. The van der Waals surface area contributed by atoms with Crippen molar-refractivity contribution in [3.8, 4) is 11.5 Å². The van der Waals surface area contributed by atoms with Gasteiger partial charge in [0.05, 0.1) is 18.3 Å². The van der Waals surface area contributed by atoms with Crippen LogP contribution in [0.3, 0.4) is 0 Å². The average molecular weight is 564 g/mol. The summed E-state index contributed by atoms with van der Waals surface area (Å²) >= 11 is 0. The van der Waals surface area contributed by atoms with Crippen LogP contribution in [-0.4, -0.2) is 40.8 Å². The van der Waals surface area contributed by atoms with Crippen LogP contribution < -0.4 is 14.8 Å². The van der Waals surface area contributed by atoms with E-state index in [9.17, 15) is 24.3 Å². The van der Waals surface area contributed by atoms with Gasteiger partial charge in [-0.25, -0.2) is 4.79 Å². The molecule has 4 atom stereocenters. The van der Waals surface area contributed by atoms with Gasteiger partial charge in [0.2, 0.25) is 0 Å². The van der Waals surface area contributed by atoms with E-state index in [1.54, 1.807) is 26.8 Å². The van der Waals surface area contributed by atoms with Gasteiger partial charge >= 0.3 is 23.9 Å². The molecule has 0 fully saturated rings. The Kier molecular flexibility index (Phi) is 13.8. The van der Waals surface area contributed by atoms with Gasteiger partial charge in [-0.15, -0.1) is 0 Å². The number of nitrogens with one attached hydrogen (secondary N) is 1. The highest BCUT2D eigenvalue weighted by Crippen LogP contribution is 2.33. The molecule has 0 spiro atoms. The zero-order valence-electron chi connectivity index (χ0n) is 25.7. The van der Waals surface area contributed by atoms with Crippen LogP contribution in [0.25, 0.3) is 0 Å². The number of carbonyl (C=O) groups excluding carboxylic acids is 3. The third kappa shape index (κ3) is 11.3. The van der Waals surface area contributed by atoms with Gasteiger partial charge in [-0.2, -0.15) is 0 Å². The van der Waals surface area contributed by atoms with Crippen molar-refractivity contribution in [2.24, 2.45) is 17.3 Å². The van der Waals surface area contributed by atoms with Crippen LogP contribution in [0, 0.1) is 17.3 Å². The maximum atomic E-state index is 12.8. The minimum Gasteiger partial charge on any atom is -0.477 e. The Morgan fingerprint density at radius 3 is 1.85 bits per heavy atom. The normalized spacial score (nSPS) is 15.3. The molecule has 0 saturated carbocycles. The van der Waals surface area contributed by atoms with Crippen LogP contribution in [0.4, 0.5) is 0 Å². The average Bonchev–Trinajstić information content (AvgIpc) is 2.84. The van der Waals surface area contributed by atoms with Crippen molar-refractivity contribution in [2.45, 2.75) is 119 Å². The van der Waals surface area contributed by atoms with E-state index in [0.29, 0.717) is 24.8 Å². The fraction of sp³-hybridized carbons (Fsp3) is 0.677. The Balaban J connectivity index is 3.53. The smallest absolute Gasteiger partial charge is 0.364 e. The summed E-state index contributed by atoms with van der Waals surface area (Å²) in [4.78, 5) is 51.0. The quantitative estimate of drug-likeness (QED) is 0.140. The van der Waals surface area contributed by atoms with Gasteiger partial charge in [-0.05, 0) is 49.3 Å². The fourth-order valence-electron chi connectivity index (χ4n) is 4.09. The minimum atomic E-state index is -2.07. The van der Waals surface area contributed by atoms with Crippen molar-refractivity contribution in [3.05, 3.63) is 23.8 Å². The molecule has 1 aromatic rings. The van der Waals surface area contributed by atoms with Crippen molar-refractivity contribution >= 4 is 23.9 Å². The van der Waals surface area contributed by atoms with E-state index in [1.165, 1.54) is 12.1 Å². The van der Waals surface area contributed by atoms with Crippen molar-refractivity contribution in [3.63, 3.8) is 0 Å². The lowest BCUT2D eigenvalue weighted by atomic mass is 9.92. The predicted molar refractivity (Wildman–Crippen MR) is 153 cm³/mol. The summed E-state index contributed by atoms with van der Waals surface area (Å²) in [6.07, 6.45) is 3.21. The molecule has 2 N–H and O–H groups in total. The summed E-state index contributed by atoms with van der Waals surface area (Å²) in [5, 5.41) is 13.3. The summed E-state index contributed by atoms with van der Waals surface area (Å²) < 4.78 is 16.9. The summed E-state index contributed by atoms with van der Waals surface area (Å²) in [5.41, 5.74) is -2.06. The second-order valence-electron chi connectivity index (χ2n) is 12.0. The number of carboxylic acid groups (broad SMARTS) is 1. The number of hydrogen-bond donors (Lipinski definition) is 2. The van der Waals surface area contributed by atoms with Crippen LogP contribution in [0.15, 0.2) is 18.2 Å². The van der Waals surface area contributed by atoms with E-state index in [2.05, 4.69) is 5.32 Å². The molecule has 3 unspecified atom stereocenters. The highest BCUT2D eigenvalue weighted by molar-refractivity contribution is 5.82. The molecular weight excluding hydrogens is 514 g/mol. The van der Waals surface area contributed by atoms with Crippen molar-refractivity contribution in [2.75, 3.05) is 0 Å². The van der Waals surface area contributed by atoms with E-state index in [-0.39, 0.29) is 42.2 Å². The van der Waals surface area contributed by atoms with Crippen LogP contribution in [0.2, 0.25) is 0 Å². The molecule has 0 heterocycles. The van der Waals surface area contributed by atoms with E-state index < -0.39 is 35.0 Å². The molecule has 0 aliphatic carbocycles. The Bertz CT molecular complexity index is 1020. The van der Waals surface area contributed by atoms with Gasteiger partial charge < -0.3 is 19.3 Å². The summed E-state index contributed by atoms with van der Waals surface area (Å²) in [7, 11) is 0. The third-order valence-electron chi connectivity index (χ3n) is 6.53. The number of carbonyl (C=O) groups is 4. The largest absolute Gasteiger partial charge is 0.477 e. The zero-order valence-corrected chi connectivity index (χ0v) is 25.7. The van der Waals surface area contributed by atoms with Crippen LogP contribution >= 0.6 is 0 Å². The van der Waals surface area contributed by atoms with Crippen molar-refractivity contribution in [1.82, 2.24) is 5.32 Å². The predicted octanol–water partition coefficient (Wildman–Crippen LogP) is 6.06. The zero-order chi connectivity index (χ0) is 30.7. The molecule has 9 heteroatoms. The molecule has 40 heavy (non-hydrogen) atoms. The summed E-state index contributed by atoms with van der Waals surface area (Å²) in [5.74, 6) is -3.62. The molecule has 0 aliphatic heterocycles. The van der Waals surface area contributed by atoms with E-state index in [4.69, 9.17) is 14.2 Å². The maximum Gasteiger partial charge on any atom is 0.364 e. The monoisotopic (exact) mass is 563 g/mol. The Hall–Kier alpha value is -2.94. The second-order valence-corrected chi connectivity index (χ2v) is 12.0. The number of esters is 3. The number of aliphatic carboxylic acids is 1. The molecular formula is C31H49NO8. The highest BCUT2D eigenvalue weighted by atomic mass is 16.6. The summed E-state index contributed by atoms with van der Waals surface area (Å²) in [6.45, 7) is 16.7. The molecule has 0 amide bonds. The molecule has 0 radical (unpaired) electrons. The second kappa shape index (κ2) is 15.7. The molecule has 0 aromatic heterocycles. The van der Waals surface area contributed by atoms with Gasteiger partial charge in [0, 0.05) is 12.5 Å². The molecule has 0 bridgehead atoms. The lowest BCUT2D eigenvalue weighted by molar-refractivity contribution is -0.185. The van der Waals surface area contributed by atoms with Crippen molar-refractivity contribution < 1.29 is 38.5 Å². The first-order valence-electron chi connectivity index (χ1n) is 14.4. The maximum absolute atomic E-state index is 12.8. The number of carboxylic acids is 1. The lowest BCUT2D eigenvalue weighted by Crippen LogP contribution is -2.59. The number of benzene rings is 1. The molecule has 0 saturated heterocycles. The van der Waals surface area contributed by atoms with Crippen molar-refractivity contribution in [1.29, 1.82) is 0 Å².